The average molecular weight is 220 g/mol. The van der Waals surface area contributed by atoms with Crippen LogP contribution in [-0.4, -0.2) is 18.4 Å². The lowest BCUT2D eigenvalue weighted by Crippen LogP contribution is -2.18. The second-order valence-corrected chi connectivity index (χ2v) is 3.69. The number of rotatable bonds is 5. The highest BCUT2D eigenvalue weighted by Crippen LogP contribution is 2.05. The van der Waals surface area contributed by atoms with Gasteiger partial charge in [-0.2, -0.15) is 0 Å². The zero-order valence-electron chi connectivity index (χ0n) is 9.60. The number of carbonyl (C=O) groups is 2. The van der Waals surface area contributed by atoms with Gasteiger partial charge >= 0.3 is 5.97 Å². The van der Waals surface area contributed by atoms with Crippen LogP contribution in [0.2, 0.25) is 0 Å². The molecular weight excluding hydrogens is 204 g/mol. The summed E-state index contributed by atoms with van der Waals surface area (Å²) in [4.78, 5) is 22.8. The van der Waals surface area contributed by atoms with Gasteiger partial charge in [0, 0.05) is 12.3 Å². The fourth-order valence-corrected chi connectivity index (χ4v) is 1.30. The standard InChI is InChI=1S/C13H16O3/c1-3-12(14)10(2)9-16-13(15)11-7-5-4-6-8-11/h4-8,10H,3,9H2,1-2H3/t10-/m1/s1. The number of hydrogen-bond donors (Lipinski definition) is 0. The number of esters is 1. The monoisotopic (exact) mass is 220 g/mol. The quantitative estimate of drug-likeness (QED) is 0.716. The summed E-state index contributed by atoms with van der Waals surface area (Å²) < 4.78 is 5.05. The topological polar surface area (TPSA) is 43.4 Å². The minimum absolute atomic E-state index is 0.112. The normalized spacial score (nSPS) is 11.9. The smallest absolute Gasteiger partial charge is 0.338 e. The van der Waals surface area contributed by atoms with Crippen molar-refractivity contribution in [3.8, 4) is 0 Å². The van der Waals surface area contributed by atoms with Crippen molar-refractivity contribution >= 4 is 11.8 Å². The van der Waals surface area contributed by atoms with E-state index < -0.39 is 0 Å². The lowest BCUT2D eigenvalue weighted by molar-refractivity contribution is -0.123. The first-order chi connectivity index (χ1) is 7.65. The van der Waals surface area contributed by atoms with Gasteiger partial charge in [0.05, 0.1) is 5.56 Å². The maximum atomic E-state index is 11.5. The van der Waals surface area contributed by atoms with Crippen LogP contribution < -0.4 is 0 Å². The lowest BCUT2D eigenvalue weighted by Gasteiger charge is -2.09. The van der Waals surface area contributed by atoms with Gasteiger partial charge < -0.3 is 4.74 Å². The van der Waals surface area contributed by atoms with Gasteiger partial charge in [-0.1, -0.05) is 32.0 Å². The molecule has 0 unspecified atom stereocenters. The van der Waals surface area contributed by atoms with Crippen LogP contribution in [0, 0.1) is 5.92 Å². The predicted octanol–water partition coefficient (Wildman–Crippen LogP) is 2.46. The molecule has 1 atom stereocenters. The van der Waals surface area contributed by atoms with E-state index in [1.807, 2.05) is 6.07 Å². The van der Waals surface area contributed by atoms with Crippen LogP contribution in [0.4, 0.5) is 0 Å². The fourth-order valence-electron chi connectivity index (χ4n) is 1.30. The molecule has 0 saturated carbocycles. The van der Waals surface area contributed by atoms with E-state index in [2.05, 4.69) is 0 Å². The molecule has 1 aromatic carbocycles. The predicted molar refractivity (Wildman–Crippen MR) is 61.2 cm³/mol. The molecule has 0 fully saturated rings. The number of ether oxygens (including phenoxy) is 1. The third-order valence-electron chi connectivity index (χ3n) is 2.37. The summed E-state index contributed by atoms with van der Waals surface area (Å²) in [7, 11) is 0. The first kappa shape index (κ1) is 12.4. The molecule has 3 nitrogen and oxygen atoms in total. The van der Waals surface area contributed by atoms with Crippen LogP contribution in [0.3, 0.4) is 0 Å². The van der Waals surface area contributed by atoms with E-state index in [4.69, 9.17) is 4.74 Å². The van der Waals surface area contributed by atoms with Crippen molar-refractivity contribution in [1.82, 2.24) is 0 Å². The van der Waals surface area contributed by atoms with E-state index in [0.29, 0.717) is 12.0 Å². The summed E-state index contributed by atoms with van der Waals surface area (Å²) >= 11 is 0. The van der Waals surface area contributed by atoms with E-state index in [1.165, 1.54) is 0 Å². The molecule has 0 amide bonds. The van der Waals surface area contributed by atoms with Crippen LogP contribution in [0.5, 0.6) is 0 Å². The third kappa shape index (κ3) is 3.50. The Morgan fingerprint density at radius 1 is 1.25 bits per heavy atom. The summed E-state index contributed by atoms with van der Waals surface area (Å²) in [6, 6.07) is 8.76. The highest BCUT2D eigenvalue weighted by Gasteiger charge is 2.14. The summed E-state index contributed by atoms with van der Waals surface area (Å²) in [5.74, 6) is -0.491. The lowest BCUT2D eigenvalue weighted by atomic mass is 10.1. The number of carbonyl (C=O) groups excluding carboxylic acids is 2. The Labute approximate surface area is 95.4 Å². The van der Waals surface area contributed by atoms with E-state index in [-0.39, 0.29) is 24.3 Å². The molecule has 3 heteroatoms. The Morgan fingerprint density at radius 3 is 2.44 bits per heavy atom. The molecule has 16 heavy (non-hydrogen) atoms. The van der Waals surface area contributed by atoms with Gasteiger partial charge in [0.15, 0.2) is 0 Å². The van der Waals surface area contributed by atoms with Crippen LogP contribution >= 0.6 is 0 Å². The SMILES string of the molecule is CCC(=O)[C@H](C)COC(=O)c1ccccc1. The number of Topliss-reactive ketones (excluding diaryl/α,β-unsaturated/α-hetero) is 1. The van der Waals surface area contributed by atoms with E-state index in [0.717, 1.165) is 0 Å². The maximum Gasteiger partial charge on any atom is 0.338 e. The summed E-state index contributed by atoms with van der Waals surface area (Å²) in [5, 5.41) is 0. The van der Waals surface area contributed by atoms with Gasteiger partial charge in [0.25, 0.3) is 0 Å². The van der Waals surface area contributed by atoms with Crippen molar-refractivity contribution in [2.24, 2.45) is 5.92 Å². The number of hydrogen-bond acceptors (Lipinski definition) is 3. The van der Waals surface area contributed by atoms with Gasteiger partial charge in [0.1, 0.15) is 12.4 Å². The third-order valence-corrected chi connectivity index (χ3v) is 2.37. The highest BCUT2D eigenvalue weighted by atomic mass is 16.5. The largest absolute Gasteiger partial charge is 0.461 e. The zero-order chi connectivity index (χ0) is 12.0. The second-order valence-electron chi connectivity index (χ2n) is 3.69. The summed E-state index contributed by atoms with van der Waals surface area (Å²) in [6.45, 7) is 3.72. The van der Waals surface area contributed by atoms with Crippen LogP contribution in [-0.2, 0) is 9.53 Å². The maximum absolute atomic E-state index is 11.5. The van der Waals surface area contributed by atoms with Gasteiger partial charge in [-0.05, 0) is 12.1 Å². The van der Waals surface area contributed by atoms with E-state index in [9.17, 15) is 9.59 Å². The Balaban J connectivity index is 2.45. The molecule has 1 rings (SSSR count). The van der Waals surface area contributed by atoms with Crippen molar-refractivity contribution < 1.29 is 14.3 Å². The Bertz CT molecular complexity index is 357. The molecule has 0 spiro atoms. The van der Waals surface area contributed by atoms with Crippen molar-refractivity contribution in [3.05, 3.63) is 35.9 Å². The minimum atomic E-state index is -0.378. The van der Waals surface area contributed by atoms with Gasteiger partial charge in [0.2, 0.25) is 0 Å². The van der Waals surface area contributed by atoms with Gasteiger partial charge in [-0.3, -0.25) is 4.79 Å². The second kappa shape index (κ2) is 6.05. The molecule has 0 radical (unpaired) electrons. The zero-order valence-corrected chi connectivity index (χ0v) is 9.60. The molecule has 0 aliphatic carbocycles. The van der Waals surface area contributed by atoms with Gasteiger partial charge in [-0.25, -0.2) is 4.79 Å². The molecule has 1 aromatic rings. The Morgan fingerprint density at radius 2 is 1.88 bits per heavy atom. The van der Waals surface area contributed by atoms with E-state index in [1.54, 1.807) is 38.1 Å². The Hall–Kier alpha value is -1.64. The molecular formula is C13H16O3. The first-order valence-electron chi connectivity index (χ1n) is 5.40. The van der Waals surface area contributed by atoms with Crippen LogP contribution in [0.25, 0.3) is 0 Å². The average Bonchev–Trinajstić information content (AvgIpc) is 2.35. The Kier molecular flexibility index (Phi) is 4.70. The van der Waals surface area contributed by atoms with E-state index >= 15 is 0 Å². The summed E-state index contributed by atoms with van der Waals surface area (Å²) in [5.41, 5.74) is 0.513. The molecule has 0 saturated heterocycles. The molecule has 0 heterocycles. The van der Waals surface area contributed by atoms with Crippen LogP contribution in [0.1, 0.15) is 30.6 Å². The number of ketones is 1. The molecule has 0 bridgehead atoms. The molecule has 0 N–H and O–H groups in total. The van der Waals surface area contributed by atoms with Crippen molar-refractivity contribution in [3.63, 3.8) is 0 Å². The van der Waals surface area contributed by atoms with Crippen LogP contribution in [0.15, 0.2) is 30.3 Å². The van der Waals surface area contributed by atoms with Crippen molar-refractivity contribution in [1.29, 1.82) is 0 Å². The van der Waals surface area contributed by atoms with Gasteiger partial charge in [-0.15, -0.1) is 0 Å². The van der Waals surface area contributed by atoms with Crippen molar-refractivity contribution in [2.75, 3.05) is 6.61 Å². The molecule has 86 valence electrons. The molecule has 0 aromatic heterocycles. The molecule has 0 aliphatic rings. The minimum Gasteiger partial charge on any atom is -0.461 e. The first-order valence-corrected chi connectivity index (χ1v) is 5.40. The molecule has 0 aliphatic heterocycles. The van der Waals surface area contributed by atoms with Crippen molar-refractivity contribution in [2.45, 2.75) is 20.3 Å². The number of benzene rings is 1. The summed E-state index contributed by atoms with van der Waals surface area (Å²) in [6.07, 6.45) is 0.476. The fraction of sp³-hybridized carbons (Fsp3) is 0.385. The highest BCUT2D eigenvalue weighted by molar-refractivity contribution is 5.89.